The number of amidine groups is 1. The van der Waals surface area contributed by atoms with E-state index in [1.807, 2.05) is 13.8 Å². The van der Waals surface area contributed by atoms with Crippen molar-refractivity contribution in [3.8, 4) is 0 Å². The minimum Gasteiger partial charge on any atom is -0.409 e. The van der Waals surface area contributed by atoms with E-state index in [1.165, 1.54) is 0 Å². The summed E-state index contributed by atoms with van der Waals surface area (Å²) in [5.74, 6) is 0.752. The van der Waals surface area contributed by atoms with Gasteiger partial charge in [0.2, 0.25) is 0 Å². The molecule has 0 amide bonds. The number of anilines is 1. The number of nitrogens with two attached hydrogens (primary N) is 1. The van der Waals surface area contributed by atoms with E-state index in [4.69, 9.17) is 10.9 Å². The van der Waals surface area contributed by atoms with Crippen LogP contribution >= 0.6 is 0 Å². The topological polar surface area (TPSA) is 87.6 Å². The van der Waals surface area contributed by atoms with E-state index < -0.39 is 0 Å². The minimum atomic E-state index is 0.0762. The zero-order chi connectivity index (χ0) is 14.6. The fraction of sp³-hybridized carbons (Fsp3) is 0.615. The van der Waals surface area contributed by atoms with Crippen molar-refractivity contribution in [3.05, 3.63) is 16.8 Å². The van der Waals surface area contributed by atoms with Gasteiger partial charge >= 0.3 is 0 Å². The molecule has 0 radical (unpaired) electrons. The van der Waals surface area contributed by atoms with Crippen molar-refractivity contribution in [2.24, 2.45) is 10.9 Å². The highest BCUT2D eigenvalue weighted by molar-refractivity contribution is 6.02. The first-order chi connectivity index (χ1) is 8.97. The fourth-order valence-corrected chi connectivity index (χ4v) is 2.04. The van der Waals surface area contributed by atoms with Crippen LogP contribution < -0.4 is 10.6 Å². The van der Waals surface area contributed by atoms with Crippen LogP contribution in [-0.4, -0.2) is 33.8 Å². The number of aryl methyl sites for hydroxylation is 1. The van der Waals surface area contributed by atoms with Gasteiger partial charge in [0.05, 0.1) is 11.3 Å². The molecule has 0 aromatic carbocycles. The van der Waals surface area contributed by atoms with E-state index in [9.17, 15) is 0 Å². The molecule has 0 aliphatic carbocycles. The predicted molar refractivity (Wildman–Crippen MR) is 76.8 cm³/mol. The monoisotopic (exact) mass is 265 g/mol. The van der Waals surface area contributed by atoms with Crippen LogP contribution in [0.4, 0.5) is 5.82 Å². The van der Waals surface area contributed by atoms with Crippen LogP contribution in [0.3, 0.4) is 0 Å². The number of rotatable bonds is 5. The van der Waals surface area contributed by atoms with Crippen molar-refractivity contribution >= 4 is 11.7 Å². The van der Waals surface area contributed by atoms with Crippen molar-refractivity contribution in [1.29, 1.82) is 0 Å². The van der Waals surface area contributed by atoms with Crippen LogP contribution in [-0.2, 0) is 0 Å². The number of hydrogen-bond acceptors (Lipinski definition) is 5. The Hall–Kier alpha value is -1.85. The molecule has 6 heteroatoms. The summed E-state index contributed by atoms with van der Waals surface area (Å²) < 4.78 is 0. The summed E-state index contributed by atoms with van der Waals surface area (Å²) in [4.78, 5) is 2.12. The normalized spacial score (nSPS) is 13.4. The molecule has 0 spiro atoms. The van der Waals surface area contributed by atoms with Crippen molar-refractivity contribution in [2.45, 2.75) is 47.1 Å². The molecule has 0 saturated heterocycles. The van der Waals surface area contributed by atoms with Gasteiger partial charge in [-0.2, -0.15) is 5.10 Å². The van der Waals surface area contributed by atoms with Gasteiger partial charge in [-0.3, -0.25) is 0 Å². The van der Waals surface area contributed by atoms with Crippen molar-refractivity contribution < 1.29 is 5.21 Å². The molecule has 0 aliphatic rings. The molecule has 6 nitrogen and oxygen atoms in total. The molecular weight excluding hydrogens is 242 g/mol. The quantitative estimate of drug-likeness (QED) is 0.367. The van der Waals surface area contributed by atoms with Gasteiger partial charge in [-0.25, -0.2) is 0 Å². The summed E-state index contributed by atoms with van der Waals surface area (Å²) >= 11 is 0. The lowest BCUT2D eigenvalue weighted by atomic mass is 10.1. The number of hydrogen-bond donors (Lipinski definition) is 2. The Kier molecular flexibility index (Phi) is 5.09. The Bertz CT molecular complexity index is 472. The van der Waals surface area contributed by atoms with Gasteiger partial charge in [0.25, 0.3) is 0 Å². The highest BCUT2D eigenvalue weighted by Gasteiger charge is 2.22. The van der Waals surface area contributed by atoms with Crippen LogP contribution in [0.2, 0.25) is 0 Å². The second-order valence-corrected chi connectivity index (χ2v) is 4.64. The summed E-state index contributed by atoms with van der Waals surface area (Å²) in [6, 6.07) is 0.312. The van der Waals surface area contributed by atoms with E-state index in [1.54, 1.807) is 0 Å². The summed E-state index contributed by atoms with van der Waals surface area (Å²) in [7, 11) is 0. The average Bonchev–Trinajstić information content (AvgIpc) is 2.42. The van der Waals surface area contributed by atoms with Gasteiger partial charge in [0.15, 0.2) is 11.7 Å². The van der Waals surface area contributed by atoms with Gasteiger partial charge in [-0.05, 0) is 39.7 Å². The molecule has 1 heterocycles. The largest absolute Gasteiger partial charge is 0.409 e. The fourth-order valence-electron chi connectivity index (χ4n) is 2.04. The van der Waals surface area contributed by atoms with E-state index in [2.05, 4.69) is 41.0 Å². The van der Waals surface area contributed by atoms with Crippen LogP contribution in [0.15, 0.2) is 5.16 Å². The Labute approximate surface area is 114 Å². The standard InChI is InChI=1S/C13H23N5O/c1-6-8(3)18(7-2)13-11(12(14)17-19)9(4)10(5)15-16-13/h8,19H,6-7H2,1-5H3,(H2,14,17). The Balaban J connectivity index is 3.46. The summed E-state index contributed by atoms with van der Waals surface area (Å²) in [5.41, 5.74) is 8.14. The second-order valence-electron chi connectivity index (χ2n) is 4.64. The van der Waals surface area contributed by atoms with Crippen LogP contribution in [0.1, 0.15) is 44.0 Å². The third-order valence-corrected chi connectivity index (χ3v) is 3.54. The van der Waals surface area contributed by atoms with E-state index in [0.29, 0.717) is 17.4 Å². The molecule has 0 saturated carbocycles. The third kappa shape index (κ3) is 2.94. The molecule has 1 aromatic rings. The molecule has 106 valence electrons. The molecule has 0 bridgehead atoms. The zero-order valence-corrected chi connectivity index (χ0v) is 12.3. The van der Waals surface area contributed by atoms with Gasteiger partial charge in [0, 0.05) is 12.6 Å². The van der Waals surface area contributed by atoms with Crippen LogP contribution in [0.5, 0.6) is 0 Å². The van der Waals surface area contributed by atoms with Crippen molar-refractivity contribution in [1.82, 2.24) is 10.2 Å². The van der Waals surface area contributed by atoms with E-state index in [-0.39, 0.29) is 5.84 Å². The smallest absolute Gasteiger partial charge is 0.174 e. The third-order valence-electron chi connectivity index (χ3n) is 3.54. The highest BCUT2D eigenvalue weighted by Crippen LogP contribution is 2.24. The average molecular weight is 265 g/mol. The lowest BCUT2D eigenvalue weighted by Crippen LogP contribution is -2.36. The first-order valence-corrected chi connectivity index (χ1v) is 6.56. The Morgan fingerprint density at radius 1 is 1.37 bits per heavy atom. The first-order valence-electron chi connectivity index (χ1n) is 6.56. The van der Waals surface area contributed by atoms with Crippen molar-refractivity contribution in [3.63, 3.8) is 0 Å². The molecule has 1 rings (SSSR count). The maximum absolute atomic E-state index is 8.97. The van der Waals surface area contributed by atoms with Crippen LogP contribution in [0, 0.1) is 13.8 Å². The maximum Gasteiger partial charge on any atom is 0.174 e. The number of nitrogens with zero attached hydrogens (tertiary/aromatic N) is 4. The van der Waals surface area contributed by atoms with Gasteiger partial charge < -0.3 is 15.8 Å². The molecule has 0 aliphatic heterocycles. The number of aromatic nitrogens is 2. The SMILES string of the molecule is CCC(C)N(CC)c1nnc(C)c(C)c1/C(N)=N/O. The van der Waals surface area contributed by atoms with E-state index >= 15 is 0 Å². The Morgan fingerprint density at radius 2 is 2.00 bits per heavy atom. The molecule has 19 heavy (non-hydrogen) atoms. The highest BCUT2D eigenvalue weighted by atomic mass is 16.4. The molecule has 0 fully saturated rings. The van der Waals surface area contributed by atoms with Gasteiger partial charge in [-0.1, -0.05) is 12.1 Å². The summed E-state index contributed by atoms with van der Waals surface area (Å²) in [5, 5.41) is 20.5. The molecule has 1 atom stereocenters. The summed E-state index contributed by atoms with van der Waals surface area (Å²) in [6.07, 6.45) is 0.984. The number of oxime groups is 1. The van der Waals surface area contributed by atoms with Gasteiger partial charge in [0.1, 0.15) is 0 Å². The van der Waals surface area contributed by atoms with Gasteiger partial charge in [-0.15, -0.1) is 5.10 Å². The zero-order valence-electron chi connectivity index (χ0n) is 12.3. The maximum atomic E-state index is 8.97. The molecule has 1 aromatic heterocycles. The molecular formula is C13H23N5O. The lowest BCUT2D eigenvalue weighted by Gasteiger charge is -2.30. The van der Waals surface area contributed by atoms with Crippen molar-refractivity contribution in [2.75, 3.05) is 11.4 Å². The van der Waals surface area contributed by atoms with Crippen LogP contribution in [0.25, 0.3) is 0 Å². The van der Waals surface area contributed by atoms with E-state index in [0.717, 1.165) is 24.2 Å². The Morgan fingerprint density at radius 3 is 2.47 bits per heavy atom. The minimum absolute atomic E-state index is 0.0762. The predicted octanol–water partition coefficient (Wildman–Crippen LogP) is 1.81. The first kappa shape index (κ1) is 15.2. The molecule has 1 unspecified atom stereocenters. The molecule has 3 N–H and O–H groups in total. The lowest BCUT2D eigenvalue weighted by molar-refractivity contribution is 0.318. The summed E-state index contributed by atoms with van der Waals surface area (Å²) in [6.45, 7) is 10.9. The second kappa shape index (κ2) is 6.36.